The third-order valence-electron chi connectivity index (χ3n) is 3.30. The number of nitrogens with one attached hydrogen (secondary N) is 2. The van der Waals surface area contributed by atoms with Crippen LogP contribution < -0.4 is 5.32 Å². The highest BCUT2D eigenvalue weighted by atomic mass is 32.1. The first-order valence-electron chi connectivity index (χ1n) is 6.29. The molecular formula is C13H16N4OS. The molecule has 1 aliphatic rings. The molecule has 6 heteroatoms. The van der Waals surface area contributed by atoms with Gasteiger partial charge in [0.25, 0.3) is 0 Å². The van der Waals surface area contributed by atoms with E-state index in [1.54, 1.807) is 11.3 Å². The summed E-state index contributed by atoms with van der Waals surface area (Å²) in [7, 11) is 2.08. The zero-order valence-corrected chi connectivity index (χ0v) is 11.6. The second-order valence-corrected chi connectivity index (χ2v) is 5.85. The number of anilines is 1. The number of nitrogens with zero attached hydrogens (tertiary/aromatic N) is 2. The summed E-state index contributed by atoms with van der Waals surface area (Å²) in [5.41, 5.74) is 2.26. The molecule has 2 N–H and O–H groups in total. The van der Waals surface area contributed by atoms with Gasteiger partial charge >= 0.3 is 0 Å². The summed E-state index contributed by atoms with van der Waals surface area (Å²) in [6.07, 6.45) is 1.34. The molecule has 1 aliphatic heterocycles. The Balaban J connectivity index is 1.69. The zero-order valence-electron chi connectivity index (χ0n) is 10.8. The molecule has 3 heterocycles. The van der Waals surface area contributed by atoms with Crippen LogP contribution >= 0.6 is 11.3 Å². The molecule has 2 aromatic rings. The monoisotopic (exact) mass is 276 g/mol. The van der Waals surface area contributed by atoms with E-state index in [1.807, 2.05) is 17.5 Å². The molecule has 0 spiro atoms. The lowest BCUT2D eigenvalue weighted by atomic mass is 10.1. The highest BCUT2D eigenvalue weighted by Crippen LogP contribution is 2.23. The zero-order chi connectivity index (χ0) is 13.2. The van der Waals surface area contributed by atoms with Crippen molar-refractivity contribution in [1.29, 1.82) is 0 Å². The molecule has 3 rings (SSSR count). The van der Waals surface area contributed by atoms with Gasteiger partial charge in [0.1, 0.15) is 0 Å². The van der Waals surface area contributed by atoms with E-state index < -0.39 is 0 Å². The first kappa shape index (κ1) is 12.4. The van der Waals surface area contributed by atoms with E-state index >= 15 is 0 Å². The number of rotatable bonds is 3. The molecule has 0 radical (unpaired) electrons. The molecule has 0 bridgehead atoms. The minimum atomic E-state index is -0.00400. The van der Waals surface area contributed by atoms with Crippen molar-refractivity contribution < 1.29 is 4.79 Å². The van der Waals surface area contributed by atoms with Gasteiger partial charge in [0.2, 0.25) is 5.91 Å². The van der Waals surface area contributed by atoms with E-state index in [2.05, 4.69) is 27.5 Å². The summed E-state index contributed by atoms with van der Waals surface area (Å²) in [5, 5.41) is 12.1. The first-order chi connectivity index (χ1) is 9.22. The Bertz CT molecular complexity index is 575. The fraction of sp³-hybridized carbons (Fsp3) is 0.385. The summed E-state index contributed by atoms with van der Waals surface area (Å²) in [4.78, 5) is 15.3. The molecular weight excluding hydrogens is 260 g/mol. The van der Waals surface area contributed by atoms with Gasteiger partial charge in [-0.15, -0.1) is 11.3 Å². The van der Waals surface area contributed by atoms with Crippen LogP contribution in [0.25, 0.3) is 0 Å². The SMILES string of the molecule is CN1CCc2c(NC(=O)Cc3cccs3)n[nH]c2C1. The van der Waals surface area contributed by atoms with Crippen molar-refractivity contribution in [2.75, 3.05) is 18.9 Å². The Hall–Kier alpha value is -1.66. The Morgan fingerprint density at radius 3 is 3.32 bits per heavy atom. The summed E-state index contributed by atoms with van der Waals surface area (Å²) >= 11 is 1.60. The van der Waals surface area contributed by atoms with E-state index in [1.165, 1.54) is 0 Å². The number of aromatic amines is 1. The molecule has 0 saturated heterocycles. The number of H-pyrrole nitrogens is 1. The summed E-state index contributed by atoms with van der Waals surface area (Å²) < 4.78 is 0. The number of hydrogen-bond donors (Lipinski definition) is 2. The number of likely N-dealkylation sites (N-methyl/N-ethyl adjacent to an activating group) is 1. The van der Waals surface area contributed by atoms with E-state index in [9.17, 15) is 4.79 Å². The van der Waals surface area contributed by atoms with E-state index in [0.29, 0.717) is 12.2 Å². The molecule has 0 atom stereocenters. The maximum atomic E-state index is 12.0. The van der Waals surface area contributed by atoms with Gasteiger partial charge in [-0.2, -0.15) is 5.10 Å². The molecule has 19 heavy (non-hydrogen) atoms. The maximum Gasteiger partial charge on any atom is 0.230 e. The number of amides is 1. The predicted molar refractivity (Wildman–Crippen MR) is 75.3 cm³/mol. The number of hydrogen-bond acceptors (Lipinski definition) is 4. The average molecular weight is 276 g/mol. The molecule has 2 aromatic heterocycles. The van der Waals surface area contributed by atoms with Crippen molar-refractivity contribution in [3.63, 3.8) is 0 Å². The lowest BCUT2D eigenvalue weighted by Crippen LogP contribution is -2.26. The van der Waals surface area contributed by atoms with Crippen LogP contribution in [-0.2, 0) is 24.2 Å². The first-order valence-corrected chi connectivity index (χ1v) is 7.17. The second-order valence-electron chi connectivity index (χ2n) is 4.82. The Kier molecular flexibility index (Phi) is 3.35. The van der Waals surface area contributed by atoms with Crippen LogP contribution in [0.1, 0.15) is 16.1 Å². The normalized spacial score (nSPS) is 15.2. The van der Waals surface area contributed by atoms with Gasteiger partial charge in [0.05, 0.1) is 12.1 Å². The smallest absolute Gasteiger partial charge is 0.230 e. The number of fused-ring (bicyclic) bond motifs is 1. The van der Waals surface area contributed by atoms with Crippen molar-refractivity contribution in [3.8, 4) is 0 Å². The fourth-order valence-corrected chi connectivity index (χ4v) is 3.01. The van der Waals surface area contributed by atoms with Gasteiger partial charge in [0.15, 0.2) is 5.82 Å². The van der Waals surface area contributed by atoms with Crippen molar-refractivity contribution in [2.24, 2.45) is 0 Å². The van der Waals surface area contributed by atoms with Crippen molar-refractivity contribution >= 4 is 23.1 Å². The largest absolute Gasteiger partial charge is 0.309 e. The fourth-order valence-electron chi connectivity index (χ4n) is 2.30. The molecule has 1 amide bonds. The van der Waals surface area contributed by atoms with Crippen LogP contribution in [0.4, 0.5) is 5.82 Å². The highest BCUT2D eigenvalue weighted by Gasteiger charge is 2.20. The number of aromatic nitrogens is 2. The van der Waals surface area contributed by atoms with Crippen molar-refractivity contribution in [2.45, 2.75) is 19.4 Å². The minimum Gasteiger partial charge on any atom is -0.309 e. The minimum absolute atomic E-state index is 0.00400. The number of carbonyl (C=O) groups is 1. The van der Waals surface area contributed by atoms with Gasteiger partial charge in [-0.1, -0.05) is 6.07 Å². The van der Waals surface area contributed by atoms with Gasteiger partial charge in [-0.05, 0) is 24.9 Å². The Morgan fingerprint density at radius 1 is 1.63 bits per heavy atom. The van der Waals surface area contributed by atoms with Gasteiger partial charge in [0, 0.05) is 23.5 Å². The van der Waals surface area contributed by atoms with E-state index in [4.69, 9.17) is 0 Å². The summed E-state index contributed by atoms with van der Waals surface area (Å²) in [6.45, 7) is 1.86. The lowest BCUT2D eigenvalue weighted by Gasteiger charge is -2.21. The topological polar surface area (TPSA) is 61.0 Å². The van der Waals surface area contributed by atoms with Crippen molar-refractivity contribution in [1.82, 2.24) is 15.1 Å². The molecule has 0 fully saturated rings. The standard InChI is InChI=1S/C13H16N4OS/c1-17-5-4-10-11(8-17)15-16-13(10)14-12(18)7-9-3-2-6-19-9/h2-3,6H,4-5,7-8H2,1H3,(H2,14,15,16,18). The number of thiophene rings is 1. The van der Waals surface area contributed by atoms with Crippen LogP contribution in [0, 0.1) is 0 Å². The molecule has 0 aromatic carbocycles. The van der Waals surface area contributed by atoms with Crippen molar-refractivity contribution in [3.05, 3.63) is 33.6 Å². The summed E-state index contributed by atoms with van der Waals surface area (Å²) in [6, 6.07) is 3.93. The molecule has 0 unspecified atom stereocenters. The molecule has 0 saturated carbocycles. The Morgan fingerprint density at radius 2 is 2.53 bits per heavy atom. The molecule has 0 aliphatic carbocycles. The number of carbonyl (C=O) groups excluding carboxylic acids is 1. The van der Waals surface area contributed by atoms with Crippen LogP contribution in [0.2, 0.25) is 0 Å². The van der Waals surface area contributed by atoms with Gasteiger partial charge in [-0.3, -0.25) is 9.89 Å². The quantitative estimate of drug-likeness (QED) is 0.896. The molecule has 5 nitrogen and oxygen atoms in total. The van der Waals surface area contributed by atoms with Crippen LogP contribution in [0.15, 0.2) is 17.5 Å². The lowest BCUT2D eigenvalue weighted by molar-refractivity contribution is -0.115. The van der Waals surface area contributed by atoms with Crippen LogP contribution in [0.3, 0.4) is 0 Å². The second kappa shape index (κ2) is 5.14. The molecule has 100 valence electrons. The average Bonchev–Trinajstić information content (AvgIpc) is 2.99. The predicted octanol–water partition coefficient (Wildman–Crippen LogP) is 1.64. The summed E-state index contributed by atoms with van der Waals surface area (Å²) in [5.74, 6) is 0.695. The third-order valence-corrected chi connectivity index (χ3v) is 4.17. The van der Waals surface area contributed by atoms with Crippen LogP contribution in [-0.4, -0.2) is 34.6 Å². The Labute approximate surface area is 115 Å². The van der Waals surface area contributed by atoms with E-state index in [0.717, 1.165) is 35.6 Å². The van der Waals surface area contributed by atoms with E-state index in [-0.39, 0.29) is 5.91 Å². The third kappa shape index (κ3) is 2.69. The highest BCUT2D eigenvalue weighted by molar-refractivity contribution is 7.10. The van der Waals surface area contributed by atoms with Crippen LogP contribution in [0.5, 0.6) is 0 Å². The maximum absolute atomic E-state index is 12.0. The van der Waals surface area contributed by atoms with Gasteiger partial charge in [-0.25, -0.2) is 0 Å². The van der Waals surface area contributed by atoms with Gasteiger partial charge < -0.3 is 10.2 Å².